The van der Waals surface area contributed by atoms with E-state index >= 15 is 0 Å². The maximum Gasteiger partial charge on any atom is 0.190 e. The van der Waals surface area contributed by atoms with Crippen LogP contribution in [0.15, 0.2) is 134 Å². The quantitative estimate of drug-likeness (QED) is 0.348. The van der Waals surface area contributed by atoms with Gasteiger partial charge in [-0.2, -0.15) is 0 Å². The molecule has 0 aliphatic carbocycles. The van der Waals surface area contributed by atoms with E-state index in [0.29, 0.717) is 32.1 Å². The van der Waals surface area contributed by atoms with Gasteiger partial charge >= 0.3 is 0 Å². The summed E-state index contributed by atoms with van der Waals surface area (Å²) in [6.45, 7) is 0. The zero-order valence-electron chi connectivity index (χ0n) is 18.3. The highest BCUT2D eigenvalue weighted by molar-refractivity contribution is 7.86. The summed E-state index contributed by atoms with van der Waals surface area (Å²) in [7, 11) is -6.70. The Morgan fingerprint density at radius 3 is 0.941 bits per heavy atom. The van der Waals surface area contributed by atoms with Crippen LogP contribution >= 0.6 is 14.3 Å². The smallest absolute Gasteiger partial charge is 0.190 e. The van der Waals surface area contributed by atoms with Crippen molar-refractivity contribution in [3.8, 4) is 0 Å². The third-order valence-electron chi connectivity index (χ3n) is 5.73. The average molecular weight is 480 g/mol. The minimum atomic E-state index is -3.35. The summed E-state index contributed by atoms with van der Waals surface area (Å²) in [5.74, 6) is 0. The van der Waals surface area contributed by atoms with Gasteiger partial charge in [0, 0.05) is 21.2 Å². The molecule has 0 bridgehead atoms. The van der Waals surface area contributed by atoms with Crippen LogP contribution < -0.4 is 32.1 Å². The summed E-state index contributed by atoms with van der Waals surface area (Å²) in [4.78, 5) is 9.25. The van der Waals surface area contributed by atoms with Gasteiger partial charge in [0.2, 0.25) is 0 Å². The monoisotopic (exact) mass is 480 g/mol. The molecule has 5 rings (SSSR count). The molecule has 0 aliphatic heterocycles. The lowest BCUT2D eigenvalue weighted by molar-refractivity contribution is 0.591. The van der Waals surface area contributed by atoms with Crippen molar-refractivity contribution < 1.29 is 9.13 Å². The summed E-state index contributed by atoms with van der Waals surface area (Å²) in [5.41, 5.74) is 0.629. The maximum atomic E-state index is 14.8. The lowest BCUT2D eigenvalue weighted by Crippen LogP contribution is -2.34. The number of nitrogens with zero attached hydrogens (tertiary/aromatic N) is 2. The highest BCUT2D eigenvalue weighted by atomic mass is 31.2. The van der Waals surface area contributed by atoms with Gasteiger partial charge in [0.25, 0.3) is 0 Å². The third-order valence-corrected chi connectivity index (χ3v) is 11.6. The van der Waals surface area contributed by atoms with Crippen LogP contribution in [0.2, 0.25) is 0 Å². The number of hydrogen-bond acceptors (Lipinski definition) is 4. The van der Waals surface area contributed by atoms with E-state index in [0.717, 1.165) is 0 Å². The summed E-state index contributed by atoms with van der Waals surface area (Å²) >= 11 is 0. The first-order valence-electron chi connectivity index (χ1n) is 10.9. The van der Waals surface area contributed by atoms with Gasteiger partial charge in [0.15, 0.2) is 14.3 Å². The lowest BCUT2D eigenvalue weighted by Gasteiger charge is -2.22. The van der Waals surface area contributed by atoms with Gasteiger partial charge in [-0.25, -0.2) is 4.98 Å². The highest BCUT2D eigenvalue weighted by Crippen LogP contribution is 2.44. The zero-order chi connectivity index (χ0) is 23.4. The lowest BCUT2D eigenvalue weighted by atomic mass is 10.4. The molecule has 5 aromatic rings. The second-order valence-corrected chi connectivity index (χ2v) is 13.2. The highest BCUT2D eigenvalue weighted by Gasteiger charge is 2.36. The number of aromatic nitrogens is 2. The molecular formula is C28H22N2O2P2. The van der Waals surface area contributed by atoms with E-state index < -0.39 is 14.3 Å². The predicted octanol–water partition coefficient (Wildman–Crippen LogP) is 3.76. The number of hydrogen-bond donors (Lipinski definition) is 0. The maximum absolute atomic E-state index is 14.8. The van der Waals surface area contributed by atoms with E-state index in [1.165, 1.54) is 12.4 Å². The zero-order valence-corrected chi connectivity index (χ0v) is 20.1. The normalized spacial score (nSPS) is 11.8. The van der Waals surface area contributed by atoms with Crippen LogP contribution in [0, 0.1) is 0 Å². The molecule has 0 atom stereocenters. The van der Waals surface area contributed by atoms with Gasteiger partial charge in [-0.3, -0.25) is 4.98 Å². The molecule has 0 saturated carbocycles. The number of benzene rings is 4. The molecule has 34 heavy (non-hydrogen) atoms. The molecule has 4 aromatic carbocycles. The fourth-order valence-corrected chi connectivity index (χ4v) is 9.09. The van der Waals surface area contributed by atoms with E-state index in [1.807, 2.05) is 121 Å². The van der Waals surface area contributed by atoms with Gasteiger partial charge in [-0.15, -0.1) is 0 Å². The molecule has 0 aliphatic rings. The molecule has 0 spiro atoms. The van der Waals surface area contributed by atoms with Crippen molar-refractivity contribution in [3.63, 3.8) is 0 Å². The Bertz CT molecular complexity index is 1290. The summed E-state index contributed by atoms with van der Waals surface area (Å²) in [6, 6.07) is 37.2. The molecular weight excluding hydrogens is 458 g/mol. The van der Waals surface area contributed by atoms with Crippen LogP contribution in [0.1, 0.15) is 0 Å². The summed E-state index contributed by atoms with van der Waals surface area (Å²) < 4.78 is 29.6. The standard InChI is InChI=1S/C28H22N2O2P2/c31-33(23-13-5-1-6-14-23,24-15-7-2-8-16-24)27-21-29-22-28(30-27)34(32,25-17-9-3-10-18-25)26-19-11-4-12-20-26/h1-22H. The molecule has 0 amide bonds. The third kappa shape index (κ3) is 3.86. The van der Waals surface area contributed by atoms with Crippen molar-refractivity contribution in [2.45, 2.75) is 0 Å². The van der Waals surface area contributed by atoms with Crippen molar-refractivity contribution in [1.82, 2.24) is 9.97 Å². The Hall–Kier alpha value is -3.58. The van der Waals surface area contributed by atoms with Crippen molar-refractivity contribution >= 4 is 46.4 Å². The molecule has 0 fully saturated rings. The molecule has 6 heteroatoms. The average Bonchev–Trinajstić information content (AvgIpc) is 2.94. The van der Waals surface area contributed by atoms with Crippen molar-refractivity contribution in [1.29, 1.82) is 0 Å². The predicted molar refractivity (Wildman–Crippen MR) is 141 cm³/mol. The van der Waals surface area contributed by atoms with Gasteiger partial charge in [0.1, 0.15) is 10.9 Å². The van der Waals surface area contributed by atoms with E-state index in [4.69, 9.17) is 4.98 Å². The Kier molecular flexibility index (Phi) is 6.11. The minimum absolute atomic E-state index is 0.314. The molecule has 0 saturated heterocycles. The second kappa shape index (κ2) is 9.35. The van der Waals surface area contributed by atoms with Crippen molar-refractivity contribution in [2.75, 3.05) is 0 Å². The molecule has 1 aromatic heterocycles. The van der Waals surface area contributed by atoms with Crippen LogP contribution in [0.4, 0.5) is 0 Å². The molecule has 0 radical (unpaired) electrons. The van der Waals surface area contributed by atoms with Gasteiger partial charge in [-0.1, -0.05) is 121 Å². The first-order chi connectivity index (χ1) is 16.6. The van der Waals surface area contributed by atoms with E-state index in [9.17, 15) is 9.13 Å². The first kappa shape index (κ1) is 22.2. The molecule has 4 nitrogen and oxygen atoms in total. The molecule has 1 heterocycles. The van der Waals surface area contributed by atoms with Crippen molar-refractivity contribution in [2.24, 2.45) is 0 Å². The fourth-order valence-electron chi connectivity index (χ4n) is 4.03. The minimum Gasteiger partial charge on any atom is -0.307 e. The Balaban J connectivity index is 1.76. The molecule has 0 N–H and O–H groups in total. The van der Waals surface area contributed by atoms with Crippen molar-refractivity contribution in [3.05, 3.63) is 134 Å². The molecule has 0 unspecified atom stereocenters. The Labute approximate surface area is 199 Å². The van der Waals surface area contributed by atoms with Crippen LogP contribution in [-0.4, -0.2) is 9.97 Å². The van der Waals surface area contributed by atoms with Gasteiger partial charge < -0.3 is 9.13 Å². The van der Waals surface area contributed by atoms with Crippen LogP contribution in [-0.2, 0) is 9.13 Å². The second-order valence-electron chi connectivity index (χ2n) is 7.80. The van der Waals surface area contributed by atoms with Crippen LogP contribution in [0.3, 0.4) is 0 Å². The van der Waals surface area contributed by atoms with Gasteiger partial charge in [0.05, 0.1) is 12.4 Å². The summed E-state index contributed by atoms with van der Waals surface area (Å²) in [5, 5.41) is 2.62. The van der Waals surface area contributed by atoms with Gasteiger partial charge in [-0.05, 0) is 0 Å². The fraction of sp³-hybridized carbons (Fsp3) is 0. The largest absolute Gasteiger partial charge is 0.307 e. The van der Waals surface area contributed by atoms with Crippen LogP contribution in [0.5, 0.6) is 0 Å². The van der Waals surface area contributed by atoms with E-state index in [2.05, 4.69) is 4.98 Å². The molecule has 166 valence electrons. The first-order valence-corrected chi connectivity index (χ1v) is 14.3. The topological polar surface area (TPSA) is 59.9 Å². The van der Waals surface area contributed by atoms with E-state index in [-0.39, 0.29) is 0 Å². The Morgan fingerprint density at radius 1 is 0.412 bits per heavy atom. The summed E-state index contributed by atoms with van der Waals surface area (Å²) in [6.07, 6.45) is 3.06. The Morgan fingerprint density at radius 2 is 0.676 bits per heavy atom. The number of rotatable bonds is 6. The van der Waals surface area contributed by atoms with E-state index in [1.54, 1.807) is 0 Å². The van der Waals surface area contributed by atoms with Crippen LogP contribution in [0.25, 0.3) is 0 Å². The SMILES string of the molecule is O=P(c1ccccc1)(c1ccccc1)c1cncc(P(=O)(c2ccccc2)c2ccccc2)n1.